The molecule has 0 fully saturated rings. The fraction of sp³-hybridized carbons (Fsp3) is 0.250. The smallest absolute Gasteiger partial charge is 0.133 e. The van der Waals surface area contributed by atoms with E-state index in [1.165, 1.54) is 12.1 Å². The lowest BCUT2D eigenvalue weighted by molar-refractivity contribution is 0.315. The highest BCUT2D eigenvalue weighted by Crippen LogP contribution is 2.38. The molecule has 0 spiro atoms. The molecule has 0 aliphatic heterocycles. The van der Waals surface area contributed by atoms with Crippen molar-refractivity contribution in [2.75, 3.05) is 6.61 Å². The minimum absolute atomic E-state index is 0.0241. The number of ether oxygens (including phenoxy) is 1. The maximum Gasteiger partial charge on any atom is 0.133 e. The molecule has 0 saturated heterocycles. The first kappa shape index (κ1) is 17.0. The molecule has 0 amide bonds. The number of rotatable bonds is 5. The minimum atomic E-state index is -0.255. The third kappa shape index (κ3) is 4.30. The summed E-state index contributed by atoms with van der Waals surface area (Å²) in [6.07, 6.45) is 0.970. The van der Waals surface area contributed by atoms with Crippen LogP contribution < -0.4 is 4.74 Å². The Morgan fingerprint density at radius 2 is 1.86 bits per heavy atom. The van der Waals surface area contributed by atoms with Crippen molar-refractivity contribution in [3.63, 3.8) is 0 Å². The van der Waals surface area contributed by atoms with Crippen molar-refractivity contribution in [3.8, 4) is 5.75 Å². The molecular formula is C16H14Br3FO. The predicted octanol–water partition coefficient (Wildman–Crippen LogP) is 6.62. The molecule has 0 saturated carbocycles. The SMILES string of the molecule is CCCOc1ccc(C(Br)c2ccc(F)cc2Br)cc1Br. The first-order valence-electron chi connectivity index (χ1n) is 6.54. The maximum atomic E-state index is 13.2. The van der Waals surface area contributed by atoms with Gasteiger partial charge in [-0.3, -0.25) is 0 Å². The lowest BCUT2D eigenvalue weighted by atomic mass is 10.0. The van der Waals surface area contributed by atoms with E-state index in [-0.39, 0.29) is 10.6 Å². The van der Waals surface area contributed by atoms with Gasteiger partial charge in [-0.2, -0.15) is 0 Å². The Bertz CT molecular complexity index is 631. The van der Waals surface area contributed by atoms with Gasteiger partial charge in [0.15, 0.2) is 0 Å². The highest BCUT2D eigenvalue weighted by Gasteiger charge is 2.15. The zero-order chi connectivity index (χ0) is 15.4. The topological polar surface area (TPSA) is 9.23 Å². The summed E-state index contributed by atoms with van der Waals surface area (Å²) in [5, 5.41) is 0. The molecule has 5 heteroatoms. The fourth-order valence-electron chi connectivity index (χ4n) is 1.89. The minimum Gasteiger partial charge on any atom is -0.492 e. The van der Waals surface area contributed by atoms with Gasteiger partial charge >= 0.3 is 0 Å². The molecule has 2 aromatic carbocycles. The summed E-state index contributed by atoms with van der Waals surface area (Å²) in [7, 11) is 0. The van der Waals surface area contributed by atoms with E-state index < -0.39 is 0 Å². The zero-order valence-corrected chi connectivity index (χ0v) is 16.1. The Balaban J connectivity index is 2.27. The molecule has 21 heavy (non-hydrogen) atoms. The normalized spacial score (nSPS) is 12.2. The predicted molar refractivity (Wildman–Crippen MR) is 94.8 cm³/mol. The van der Waals surface area contributed by atoms with Crippen LogP contribution in [0.4, 0.5) is 4.39 Å². The Hall–Kier alpha value is -0.390. The van der Waals surface area contributed by atoms with E-state index in [9.17, 15) is 4.39 Å². The second-order valence-electron chi connectivity index (χ2n) is 4.57. The second kappa shape index (κ2) is 7.75. The molecule has 1 unspecified atom stereocenters. The van der Waals surface area contributed by atoms with Crippen molar-refractivity contribution in [2.24, 2.45) is 0 Å². The third-order valence-electron chi connectivity index (χ3n) is 2.95. The van der Waals surface area contributed by atoms with Crippen LogP contribution in [0.1, 0.15) is 29.3 Å². The Kier molecular flexibility index (Phi) is 6.26. The van der Waals surface area contributed by atoms with E-state index in [0.29, 0.717) is 6.61 Å². The van der Waals surface area contributed by atoms with Crippen LogP contribution in [0.25, 0.3) is 0 Å². The molecule has 0 bridgehead atoms. The highest BCUT2D eigenvalue weighted by atomic mass is 79.9. The van der Waals surface area contributed by atoms with Gasteiger partial charge < -0.3 is 4.74 Å². The van der Waals surface area contributed by atoms with E-state index in [2.05, 4.69) is 54.7 Å². The third-order valence-corrected chi connectivity index (χ3v) is 5.27. The second-order valence-corrected chi connectivity index (χ2v) is 7.19. The van der Waals surface area contributed by atoms with Crippen LogP contribution in [0, 0.1) is 5.82 Å². The van der Waals surface area contributed by atoms with Gasteiger partial charge in [-0.15, -0.1) is 0 Å². The van der Waals surface area contributed by atoms with E-state index in [1.54, 1.807) is 6.07 Å². The van der Waals surface area contributed by atoms with Gasteiger partial charge in [0.25, 0.3) is 0 Å². The molecule has 1 atom stereocenters. The number of hydrogen-bond acceptors (Lipinski definition) is 1. The van der Waals surface area contributed by atoms with Crippen LogP contribution in [0.15, 0.2) is 45.3 Å². The van der Waals surface area contributed by atoms with Crippen LogP contribution >= 0.6 is 47.8 Å². The lowest BCUT2D eigenvalue weighted by Crippen LogP contribution is -1.98. The summed E-state index contributed by atoms with van der Waals surface area (Å²) in [6.45, 7) is 2.77. The molecule has 2 rings (SSSR count). The molecule has 0 radical (unpaired) electrons. The molecule has 112 valence electrons. The van der Waals surface area contributed by atoms with Crippen molar-refractivity contribution in [3.05, 3.63) is 62.3 Å². The van der Waals surface area contributed by atoms with Crippen molar-refractivity contribution in [1.29, 1.82) is 0 Å². The number of benzene rings is 2. The van der Waals surface area contributed by atoms with Gasteiger partial charge in [0.1, 0.15) is 11.6 Å². The highest BCUT2D eigenvalue weighted by molar-refractivity contribution is 9.11. The quantitative estimate of drug-likeness (QED) is 0.437. The van der Waals surface area contributed by atoms with Gasteiger partial charge in [0.2, 0.25) is 0 Å². The molecular weight excluding hydrogens is 467 g/mol. The number of halogens is 4. The van der Waals surface area contributed by atoms with Crippen molar-refractivity contribution < 1.29 is 9.13 Å². The monoisotopic (exact) mass is 478 g/mol. The fourth-order valence-corrected chi connectivity index (χ4v) is 3.97. The summed E-state index contributed by atoms with van der Waals surface area (Å²) in [5.74, 6) is 0.577. The summed E-state index contributed by atoms with van der Waals surface area (Å²) in [6, 6.07) is 10.7. The average Bonchev–Trinajstić information content (AvgIpc) is 2.45. The van der Waals surface area contributed by atoms with Crippen LogP contribution in [-0.4, -0.2) is 6.61 Å². The number of hydrogen-bond donors (Lipinski definition) is 0. The standard InChI is InChI=1S/C16H14Br3FO/c1-2-7-21-15-6-3-10(8-14(15)18)16(19)12-5-4-11(20)9-13(12)17/h3-6,8-9,16H,2,7H2,1H3. The average molecular weight is 481 g/mol. The molecule has 1 nitrogen and oxygen atoms in total. The zero-order valence-electron chi connectivity index (χ0n) is 11.4. The van der Waals surface area contributed by atoms with Gasteiger partial charge in [-0.1, -0.05) is 50.9 Å². The summed E-state index contributed by atoms with van der Waals surface area (Å²) >= 11 is 10.6. The first-order chi connectivity index (χ1) is 10.0. The van der Waals surface area contributed by atoms with Gasteiger partial charge in [0.05, 0.1) is 15.9 Å². The Labute approximate surface area is 149 Å². The van der Waals surface area contributed by atoms with Gasteiger partial charge in [-0.25, -0.2) is 4.39 Å². The first-order valence-corrected chi connectivity index (χ1v) is 9.04. The van der Waals surface area contributed by atoms with E-state index >= 15 is 0 Å². The van der Waals surface area contributed by atoms with E-state index in [0.717, 1.165) is 32.2 Å². The largest absolute Gasteiger partial charge is 0.492 e. The van der Waals surface area contributed by atoms with Crippen molar-refractivity contribution >= 4 is 47.8 Å². The van der Waals surface area contributed by atoms with Gasteiger partial charge in [-0.05, 0) is 57.7 Å². The summed E-state index contributed by atoms with van der Waals surface area (Å²) in [4.78, 5) is -0.0241. The summed E-state index contributed by atoms with van der Waals surface area (Å²) < 4.78 is 20.5. The molecule has 2 aromatic rings. The van der Waals surface area contributed by atoms with Gasteiger partial charge in [0, 0.05) is 4.47 Å². The van der Waals surface area contributed by atoms with Crippen LogP contribution in [-0.2, 0) is 0 Å². The molecule has 0 heterocycles. The van der Waals surface area contributed by atoms with Crippen LogP contribution in [0.2, 0.25) is 0 Å². The maximum absolute atomic E-state index is 13.2. The molecule has 0 N–H and O–H groups in total. The molecule has 0 aromatic heterocycles. The van der Waals surface area contributed by atoms with E-state index in [1.807, 2.05) is 18.2 Å². The number of alkyl halides is 1. The van der Waals surface area contributed by atoms with E-state index in [4.69, 9.17) is 4.74 Å². The van der Waals surface area contributed by atoms with Crippen LogP contribution in [0.3, 0.4) is 0 Å². The van der Waals surface area contributed by atoms with Crippen molar-refractivity contribution in [1.82, 2.24) is 0 Å². The molecule has 0 aliphatic carbocycles. The Morgan fingerprint density at radius 1 is 1.10 bits per heavy atom. The summed E-state index contributed by atoms with van der Waals surface area (Å²) in [5.41, 5.74) is 2.04. The lowest BCUT2D eigenvalue weighted by Gasteiger charge is -2.15. The molecule has 0 aliphatic rings. The Morgan fingerprint density at radius 3 is 2.48 bits per heavy atom. The van der Waals surface area contributed by atoms with Crippen LogP contribution in [0.5, 0.6) is 5.75 Å². The van der Waals surface area contributed by atoms with Crippen molar-refractivity contribution in [2.45, 2.75) is 18.2 Å².